The number of methoxy groups -OCH3 is 1. The standard InChI is InChI=1S/C23H36N4O3/c1-30-20-11-7-8-18(16-20)21(27-14-5-6-15-27)17-25-22(28)12-13-24-23(29)26-19-9-3-2-4-10-19/h7-8,11,16,19,21H,2-6,9-10,12-15,17H2,1H3,(H,25,28)(H2,24,26,29). The van der Waals surface area contributed by atoms with Crippen molar-refractivity contribution in [1.29, 1.82) is 0 Å². The molecule has 7 heteroatoms. The van der Waals surface area contributed by atoms with Crippen molar-refractivity contribution in [3.63, 3.8) is 0 Å². The van der Waals surface area contributed by atoms with E-state index in [1.54, 1.807) is 7.11 Å². The van der Waals surface area contributed by atoms with Gasteiger partial charge in [-0.25, -0.2) is 4.79 Å². The van der Waals surface area contributed by atoms with Crippen LogP contribution in [0.2, 0.25) is 0 Å². The van der Waals surface area contributed by atoms with Crippen LogP contribution in [-0.2, 0) is 4.79 Å². The minimum absolute atomic E-state index is 0.0416. The maximum absolute atomic E-state index is 12.4. The molecule has 1 aliphatic carbocycles. The first-order valence-electron chi connectivity index (χ1n) is 11.3. The lowest BCUT2D eigenvalue weighted by molar-refractivity contribution is -0.121. The Balaban J connectivity index is 1.43. The summed E-state index contributed by atoms with van der Waals surface area (Å²) in [7, 11) is 1.67. The van der Waals surface area contributed by atoms with E-state index in [1.165, 1.54) is 32.1 Å². The number of rotatable bonds is 9. The topological polar surface area (TPSA) is 82.7 Å². The van der Waals surface area contributed by atoms with Crippen molar-refractivity contribution >= 4 is 11.9 Å². The van der Waals surface area contributed by atoms with E-state index in [9.17, 15) is 9.59 Å². The number of nitrogens with zero attached hydrogens (tertiary/aromatic N) is 1. The van der Waals surface area contributed by atoms with E-state index in [0.717, 1.165) is 37.2 Å². The lowest BCUT2D eigenvalue weighted by atomic mass is 9.96. The molecule has 3 rings (SSSR count). The number of hydrogen-bond donors (Lipinski definition) is 3. The Morgan fingerprint density at radius 1 is 1.10 bits per heavy atom. The summed E-state index contributed by atoms with van der Waals surface area (Å²) in [6, 6.07) is 8.31. The van der Waals surface area contributed by atoms with Crippen LogP contribution in [-0.4, -0.2) is 56.2 Å². The zero-order valence-electron chi connectivity index (χ0n) is 18.1. The number of carbonyl (C=O) groups excluding carboxylic acids is 2. The first-order valence-corrected chi connectivity index (χ1v) is 11.3. The molecule has 1 unspecified atom stereocenters. The van der Waals surface area contributed by atoms with Crippen LogP contribution in [0.15, 0.2) is 24.3 Å². The summed E-state index contributed by atoms with van der Waals surface area (Å²) in [6.45, 7) is 2.99. The van der Waals surface area contributed by atoms with E-state index >= 15 is 0 Å². The summed E-state index contributed by atoms with van der Waals surface area (Å²) in [5, 5.41) is 8.88. The first-order chi connectivity index (χ1) is 14.7. The van der Waals surface area contributed by atoms with Gasteiger partial charge in [0.15, 0.2) is 0 Å². The van der Waals surface area contributed by atoms with Gasteiger partial charge in [-0.3, -0.25) is 9.69 Å². The van der Waals surface area contributed by atoms with E-state index in [4.69, 9.17) is 4.74 Å². The molecule has 0 aromatic heterocycles. The lowest BCUT2D eigenvalue weighted by Gasteiger charge is -2.28. The SMILES string of the molecule is COc1cccc(C(CNC(=O)CCNC(=O)NC2CCCCC2)N2CCCC2)c1. The number of likely N-dealkylation sites (tertiary alicyclic amines) is 1. The molecule has 1 saturated carbocycles. The number of ether oxygens (including phenoxy) is 1. The number of hydrogen-bond acceptors (Lipinski definition) is 4. The molecule has 7 nitrogen and oxygen atoms in total. The second-order valence-electron chi connectivity index (χ2n) is 8.32. The lowest BCUT2D eigenvalue weighted by Crippen LogP contribution is -2.44. The molecule has 166 valence electrons. The van der Waals surface area contributed by atoms with Crippen molar-refractivity contribution in [2.45, 2.75) is 63.5 Å². The Kier molecular flexibility index (Phi) is 8.81. The fraction of sp³-hybridized carbons (Fsp3) is 0.652. The molecule has 2 aliphatic rings. The molecule has 0 radical (unpaired) electrons. The zero-order chi connectivity index (χ0) is 21.2. The number of amides is 3. The van der Waals surface area contributed by atoms with Gasteiger partial charge < -0.3 is 20.7 Å². The highest BCUT2D eigenvalue weighted by atomic mass is 16.5. The van der Waals surface area contributed by atoms with Crippen molar-refractivity contribution in [1.82, 2.24) is 20.9 Å². The Labute approximate surface area is 179 Å². The van der Waals surface area contributed by atoms with E-state index in [0.29, 0.717) is 13.1 Å². The second kappa shape index (κ2) is 11.8. The van der Waals surface area contributed by atoms with Gasteiger partial charge in [0.1, 0.15) is 5.75 Å². The number of carbonyl (C=O) groups is 2. The van der Waals surface area contributed by atoms with Crippen LogP contribution in [0, 0.1) is 0 Å². The van der Waals surface area contributed by atoms with Crippen LogP contribution in [0.4, 0.5) is 4.79 Å². The third kappa shape index (κ3) is 6.90. The monoisotopic (exact) mass is 416 g/mol. The highest BCUT2D eigenvalue weighted by Crippen LogP contribution is 2.27. The minimum Gasteiger partial charge on any atom is -0.497 e. The maximum atomic E-state index is 12.4. The second-order valence-corrected chi connectivity index (χ2v) is 8.32. The quantitative estimate of drug-likeness (QED) is 0.578. The van der Waals surface area contributed by atoms with E-state index in [1.807, 2.05) is 18.2 Å². The Morgan fingerprint density at radius 2 is 1.87 bits per heavy atom. The highest BCUT2D eigenvalue weighted by molar-refractivity contribution is 5.78. The summed E-state index contributed by atoms with van der Waals surface area (Å²) in [4.78, 5) is 26.8. The van der Waals surface area contributed by atoms with E-state index in [-0.39, 0.29) is 30.4 Å². The molecule has 3 N–H and O–H groups in total. The first kappa shape index (κ1) is 22.4. The van der Waals surface area contributed by atoms with Crippen molar-refractivity contribution in [3.8, 4) is 5.75 Å². The van der Waals surface area contributed by atoms with Gasteiger partial charge in [-0.05, 0) is 56.5 Å². The van der Waals surface area contributed by atoms with Crippen LogP contribution in [0.5, 0.6) is 5.75 Å². The molecule has 30 heavy (non-hydrogen) atoms. The summed E-state index contributed by atoms with van der Waals surface area (Å²) in [5.41, 5.74) is 1.15. The molecule has 1 saturated heterocycles. The van der Waals surface area contributed by atoms with Crippen LogP contribution < -0.4 is 20.7 Å². The van der Waals surface area contributed by atoms with Crippen molar-refractivity contribution in [2.24, 2.45) is 0 Å². The van der Waals surface area contributed by atoms with Gasteiger partial charge >= 0.3 is 6.03 Å². The van der Waals surface area contributed by atoms with E-state index in [2.05, 4.69) is 26.9 Å². The third-order valence-corrected chi connectivity index (χ3v) is 6.13. The van der Waals surface area contributed by atoms with Crippen LogP contribution in [0.3, 0.4) is 0 Å². The summed E-state index contributed by atoms with van der Waals surface area (Å²) < 4.78 is 5.37. The molecule has 0 bridgehead atoms. The fourth-order valence-electron chi connectivity index (χ4n) is 4.43. The molecular weight excluding hydrogens is 380 g/mol. The van der Waals surface area contributed by atoms with Crippen LogP contribution >= 0.6 is 0 Å². The van der Waals surface area contributed by atoms with Gasteiger partial charge in [-0.2, -0.15) is 0 Å². The summed E-state index contributed by atoms with van der Waals surface area (Å²) >= 11 is 0. The van der Waals surface area contributed by atoms with Gasteiger partial charge in [0.2, 0.25) is 5.91 Å². The maximum Gasteiger partial charge on any atom is 0.315 e. The van der Waals surface area contributed by atoms with Crippen LogP contribution in [0.25, 0.3) is 0 Å². The molecule has 1 aromatic carbocycles. The molecule has 2 fully saturated rings. The summed E-state index contributed by atoms with van der Waals surface area (Å²) in [5.74, 6) is 0.788. The van der Waals surface area contributed by atoms with Gasteiger partial charge in [0.25, 0.3) is 0 Å². The Bertz CT molecular complexity index is 685. The van der Waals surface area contributed by atoms with Crippen molar-refractivity contribution < 1.29 is 14.3 Å². The number of nitrogens with one attached hydrogen (secondary N) is 3. The smallest absolute Gasteiger partial charge is 0.315 e. The predicted molar refractivity (Wildman–Crippen MR) is 118 cm³/mol. The van der Waals surface area contributed by atoms with Crippen LogP contribution in [0.1, 0.15) is 63.0 Å². The molecule has 1 aliphatic heterocycles. The van der Waals surface area contributed by atoms with Gasteiger partial charge in [-0.15, -0.1) is 0 Å². The molecular formula is C23H36N4O3. The van der Waals surface area contributed by atoms with Gasteiger partial charge in [0, 0.05) is 25.6 Å². The molecule has 1 heterocycles. The summed E-state index contributed by atoms with van der Waals surface area (Å²) in [6.07, 6.45) is 8.38. The Morgan fingerprint density at radius 3 is 2.60 bits per heavy atom. The zero-order valence-corrected chi connectivity index (χ0v) is 18.1. The Hall–Kier alpha value is -2.28. The average molecular weight is 417 g/mol. The molecule has 0 spiro atoms. The minimum atomic E-state index is -0.166. The van der Waals surface area contributed by atoms with E-state index < -0.39 is 0 Å². The molecule has 1 atom stereocenters. The van der Waals surface area contributed by atoms with Crippen molar-refractivity contribution in [3.05, 3.63) is 29.8 Å². The molecule has 1 aromatic rings. The predicted octanol–water partition coefficient (Wildman–Crippen LogP) is 2.97. The van der Waals surface area contributed by atoms with Gasteiger partial charge in [0.05, 0.1) is 13.2 Å². The normalized spacial score (nSPS) is 18.6. The fourth-order valence-corrected chi connectivity index (χ4v) is 4.43. The highest BCUT2D eigenvalue weighted by Gasteiger charge is 2.24. The largest absolute Gasteiger partial charge is 0.497 e. The third-order valence-electron chi connectivity index (χ3n) is 6.13. The van der Waals surface area contributed by atoms with Gasteiger partial charge in [-0.1, -0.05) is 31.4 Å². The van der Waals surface area contributed by atoms with Crippen molar-refractivity contribution in [2.75, 3.05) is 33.3 Å². The molecule has 3 amide bonds. The number of benzene rings is 1. The number of urea groups is 1. The average Bonchev–Trinajstić information content (AvgIpc) is 3.29.